The number of amides is 1. The molecular formula is C14H22N4O3S. The van der Waals surface area contributed by atoms with Crippen molar-refractivity contribution in [2.45, 2.75) is 38.8 Å². The van der Waals surface area contributed by atoms with E-state index >= 15 is 0 Å². The zero-order valence-corrected chi connectivity index (χ0v) is 13.8. The minimum atomic E-state index is -3.15. The van der Waals surface area contributed by atoms with Crippen molar-refractivity contribution in [3.05, 3.63) is 18.0 Å². The third kappa shape index (κ3) is 3.33. The normalized spacial score (nSPS) is 23.7. The van der Waals surface area contributed by atoms with Gasteiger partial charge in [0, 0.05) is 25.3 Å². The Balaban J connectivity index is 1.51. The Labute approximate surface area is 130 Å². The number of nitrogens with one attached hydrogen (secondary N) is 1. The molecule has 0 aromatic carbocycles. The number of carbonyl (C=O) groups excluding carboxylic acids is 1. The fourth-order valence-electron chi connectivity index (χ4n) is 3.32. The van der Waals surface area contributed by atoms with Gasteiger partial charge in [-0.15, -0.1) is 0 Å². The summed E-state index contributed by atoms with van der Waals surface area (Å²) in [5.41, 5.74) is 0.973. The standard InChI is InChI=1S/C14H22N4O3S/c1-11-3-6-18(15-11)10-13(19)17-7-4-14(5-8-17)9-12(14)16-22(2,20)21/h3,6,12,16H,4-5,7-10H2,1-2H3. The molecule has 7 nitrogen and oxygen atoms in total. The minimum absolute atomic E-state index is 0.0496. The SMILES string of the molecule is Cc1ccn(CC(=O)N2CCC3(CC2)CC3NS(C)(=O)=O)n1. The second kappa shape index (κ2) is 5.34. The molecule has 1 aromatic heterocycles. The number of nitrogens with zero attached hydrogens (tertiary/aromatic N) is 3. The Morgan fingerprint density at radius 1 is 1.45 bits per heavy atom. The van der Waals surface area contributed by atoms with Gasteiger partial charge in [0.2, 0.25) is 15.9 Å². The molecule has 2 heterocycles. The number of rotatable bonds is 4. The molecule has 8 heteroatoms. The maximum atomic E-state index is 12.3. The van der Waals surface area contributed by atoms with Gasteiger partial charge in [0.05, 0.1) is 11.9 Å². The molecular weight excluding hydrogens is 304 g/mol. The maximum Gasteiger partial charge on any atom is 0.244 e. The molecule has 1 atom stereocenters. The Morgan fingerprint density at radius 2 is 2.14 bits per heavy atom. The second-order valence-electron chi connectivity index (χ2n) is 6.54. The number of piperidine rings is 1. The zero-order chi connectivity index (χ0) is 16.0. The van der Waals surface area contributed by atoms with Gasteiger partial charge in [-0.2, -0.15) is 5.10 Å². The smallest absolute Gasteiger partial charge is 0.244 e. The van der Waals surface area contributed by atoms with Gasteiger partial charge < -0.3 is 4.90 Å². The van der Waals surface area contributed by atoms with E-state index in [-0.39, 0.29) is 23.9 Å². The molecule has 0 radical (unpaired) electrons. The summed E-state index contributed by atoms with van der Waals surface area (Å²) >= 11 is 0. The topological polar surface area (TPSA) is 84.3 Å². The van der Waals surface area contributed by atoms with E-state index in [1.54, 1.807) is 4.68 Å². The average Bonchev–Trinajstić information content (AvgIpc) is 2.87. The Morgan fingerprint density at radius 3 is 2.68 bits per heavy atom. The summed E-state index contributed by atoms with van der Waals surface area (Å²) in [6, 6.07) is 1.93. The van der Waals surface area contributed by atoms with Crippen LogP contribution in [0.25, 0.3) is 0 Å². The lowest BCUT2D eigenvalue weighted by Gasteiger charge is -2.33. The van der Waals surface area contributed by atoms with E-state index in [0.717, 1.165) is 25.0 Å². The lowest BCUT2D eigenvalue weighted by atomic mass is 9.92. The molecule has 1 spiro atoms. The van der Waals surface area contributed by atoms with Gasteiger partial charge in [0.15, 0.2) is 0 Å². The summed E-state index contributed by atoms with van der Waals surface area (Å²) in [7, 11) is -3.15. The third-order valence-electron chi connectivity index (χ3n) is 4.73. The van der Waals surface area contributed by atoms with E-state index in [1.807, 2.05) is 24.1 Å². The number of hydrogen-bond acceptors (Lipinski definition) is 4. The Kier molecular flexibility index (Phi) is 3.76. The van der Waals surface area contributed by atoms with Gasteiger partial charge in [-0.1, -0.05) is 0 Å². The van der Waals surface area contributed by atoms with E-state index in [0.29, 0.717) is 13.1 Å². The Hall–Kier alpha value is -1.41. The van der Waals surface area contributed by atoms with Crippen LogP contribution in [-0.4, -0.2) is 54.4 Å². The molecule has 1 aliphatic carbocycles. The highest BCUT2D eigenvalue weighted by atomic mass is 32.2. The molecule has 1 unspecified atom stereocenters. The largest absolute Gasteiger partial charge is 0.341 e. The predicted molar refractivity (Wildman–Crippen MR) is 81.6 cm³/mol. The van der Waals surface area contributed by atoms with Gasteiger partial charge in [0.25, 0.3) is 0 Å². The molecule has 1 aromatic rings. The number of hydrogen-bond donors (Lipinski definition) is 1. The van der Waals surface area contributed by atoms with E-state index in [4.69, 9.17) is 0 Å². The first-order valence-corrected chi connectivity index (χ1v) is 9.42. The molecule has 1 saturated carbocycles. The van der Waals surface area contributed by atoms with E-state index in [1.165, 1.54) is 6.26 Å². The van der Waals surface area contributed by atoms with Crippen molar-refractivity contribution in [1.82, 2.24) is 19.4 Å². The van der Waals surface area contributed by atoms with Gasteiger partial charge >= 0.3 is 0 Å². The highest BCUT2D eigenvalue weighted by Crippen LogP contribution is 2.54. The van der Waals surface area contributed by atoms with Gasteiger partial charge in [-0.25, -0.2) is 13.1 Å². The van der Waals surface area contributed by atoms with Crippen LogP contribution in [0.15, 0.2) is 12.3 Å². The summed E-state index contributed by atoms with van der Waals surface area (Å²) < 4.78 is 27.0. The molecule has 2 aliphatic rings. The first kappa shape index (κ1) is 15.5. The molecule has 2 fully saturated rings. The Bertz CT molecular complexity index is 674. The maximum absolute atomic E-state index is 12.3. The van der Waals surface area contributed by atoms with Crippen LogP contribution in [-0.2, 0) is 21.4 Å². The van der Waals surface area contributed by atoms with Gasteiger partial charge in [0.1, 0.15) is 6.54 Å². The molecule has 122 valence electrons. The van der Waals surface area contributed by atoms with Crippen LogP contribution in [0.5, 0.6) is 0 Å². The van der Waals surface area contributed by atoms with Crippen LogP contribution in [0.4, 0.5) is 0 Å². The van der Waals surface area contributed by atoms with E-state index in [9.17, 15) is 13.2 Å². The number of carbonyl (C=O) groups is 1. The fourth-order valence-corrected chi connectivity index (χ4v) is 4.17. The number of sulfonamides is 1. The zero-order valence-electron chi connectivity index (χ0n) is 12.9. The summed E-state index contributed by atoms with van der Waals surface area (Å²) in [6.07, 6.45) is 5.63. The minimum Gasteiger partial charge on any atom is -0.341 e. The van der Waals surface area contributed by atoms with Gasteiger partial charge in [-0.05, 0) is 37.7 Å². The quantitative estimate of drug-likeness (QED) is 0.852. The molecule has 1 amide bonds. The van der Waals surface area contributed by atoms with Crippen LogP contribution >= 0.6 is 0 Å². The molecule has 1 aliphatic heterocycles. The first-order chi connectivity index (χ1) is 10.3. The average molecular weight is 326 g/mol. The van der Waals surface area contributed by atoms with Crippen molar-refractivity contribution < 1.29 is 13.2 Å². The molecule has 0 bridgehead atoms. The monoisotopic (exact) mass is 326 g/mol. The molecule has 1 N–H and O–H groups in total. The summed E-state index contributed by atoms with van der Waals surface area (Å²) in [5, 5.41) is 4.23. The predicted octanol–water partition coefficient (Wildman–Crippen LogP) is 0.122. The van der Waals surface area contributed by atoms with Crippen molar-refractivity contribution in [3.8, 4) is 0 Å². The molecule has 1 saturated heterocycles. The van der Waals surface area contributed by atoms with Crippen LogP contribution in [0.3, 0.4) is 0 Å². The van der Waals surface area contributed by atoms with Crippen molar-refractivity contribution in [3.63, 3.8) is 0 Å². The first-order valence-electron chi connectivity index (χ1n) is 7.53. The van der Waals surface area contributed by atoms with Crippen LogP contribution in [0, 0.1) is 12.3 Å². The highest BCUT2D eigenvalue weighted by molar-refractivity contribution is 7.88. The molecule has 3 rings (SSSR count). The highest BCUT2D eigenvalue weighted by Gasteiger charge is 2.56. The lowest BCUT2D eigenvalue weighted by molar-refractivity contribution is -0.133. The summed E-state index contributed by atoms with van der Waals surface area (Å²) in [5.74, 6) is 0.0752. The number of aromatic nitrogens is 2. The van der Waals surface area contributed by atoms with Crippen molar-refractivity contribution in [1.29, 1.82) is 0 Å². The lowest BCUT2D eigenvalue weighted by Crippen LogP contribution is -2.43. The summed E-state index contributed by atoms with van der Waals surface area (Å²) in [4.78, 5) is 14.1. The number of likely N-dealkylation sites (tertiary alicyclic amines) is 1. The van der Waals surface area contributed by atoms with Crippen molar-refractivity contribution in [2.75, 3.05) is 19.3 Å². The van der Waals surface area contributed by atoms with E-state index < -0.39 is 10.0 Å². The third-order valence-corrected chi connectivity index (χ3v) is 5.44. The van der Waals surface area contributed by atoms with Gasteiger partial charge in [-0.3, -0.25) is 9.48 Å². The molecule has 22 heavy (non-hydrogen) atoms. The van der Waals surface area contributed by atoms with Crippen LogP contribution in [0.2, 0.25) is 0 Å². The van der Waals surface area contributed by atoms with Crippen LogP contribution in [0.1, 0.15) is 25.0 Å². The van der Waals surface area contributed by atoms with Crippen molar-refractivity contribution >= 4 is 15.9 Å². The van der Waals surface area contributed by atoms with Crippen LogP contribution < -0.4 is 4.72 Å². The van der Waals surface area contributed by atoms with E-state index in [2.05, 4.69) is 9.82 Å². The summed E-state index contributed by atoms with van der Waals surface area (Å²) in [6.45, 7) is 3.56. The fraction of sp³-hybridized carbons (Fsp3) is 0.714. The second-order valence-corrected chi connectivity index (χ2v) is 8.32. The number of aryl methyl sites for hydroxylation is 1. The van der Waals surface area contributed by atoms with Crippen molar-refractivity contribution in [2.24, 2.45) is 5.41 Å².